The van der Waals surface area contributed by atoms with Crippen molar-refractivity contribution in [3.63, 3.8) is 0 Å². The number of rotatable bonds is 5. The average molecular weight is 312 g/mol. The molecular formula is C13H20N4O3S. The molecule has 0 bridgehead atoms. The molecule has 0 aliphatic carbocycles. The van der Waals surface area contributed by atoms with E-state index >= 15 is 0 Å². The van der Waals surface area contributed by atoms with Crippen LogP contribution in [0.3, 0.4) is 0 Å². The van der Waals surface area contributed by atoms with E-state index in [1.807, 2.05) is 6.26 Å². The van der Waals surface area contributed by atoms with E-state index in [-0.39, 0.29) is 24.3 Å². The second-order valence-electron chi connectivity index (χ2n) is 5.06. The topological polar surface area (TPSA) is 88.3 Å². The molecule has 0 unspecified atom stereocenters. The van der Waals surface area contributed by atoms with E-state index in [1.165, 1.54) is 6.92 Å². The molecule has 1 aliphatic rings. The Kier molecular flexibility index (Phi) is 5.60. The smallest absolute Gasteiger partial charge is 0.246 e. The maximum Gasteiger partial charge on any atom is 0.246 e. The first-order valence-electron chi connectivity index (χ1n) is 6.93. The SMILES string of the molecule is CSCc1noc(CNC(=O)[C@H]2CCCN(C(C)=O)C2)n1. The number of amides is 2. The fourth-order valence-corrected chi connectivity index (χ4v) is 2.71. The van der Waals surface area contributed by atoms with Crippen molar-refractivity contribution in [3.8, 4) is 0 Å². The first-order valence-corrected chi connectivity index (χ1v) is 8.33. The average Bonchev–Trinajstić information content (AvgIpc) is 2.93. The lowest BCUT2D eigenvalue weighted by Crippen LogP contribution is -2.44. The van der Waals surface area contributed by atoms with Crippen LogP contribution in [0.1, 0.15) is 31.5 Å². The van der Waals surface area contributed by atoms with Gasteiger partial charge in [-0.1, -0.05) is 5.16 Å². The van der Waals surface area contributed by atoms with Gasteiger partial charge in [0.25, 0.3) is 0 Å². The summed E-state index contributed by atoms with van der Waals surface area (Å²) in [5, 5.41) is 6.62. The summed E-state index contributed by atoms with van der Waals surface area (Å²) < 4.78 is 5.06. The second kappa shape index (κ2) is 7.44. The molecule has 1 N–H and O–H groups in total. The standard InChI is InChI=1S/C13H20N4O3S/c1-9(18)17-5-3-4-10(7-17)13(19)14-6-12-15-11(8-21-2)16-20-12/h10H,3-8H2,1-2H3,(H,14,19)/t10-/m0/s1. The van der Waals surface area contributed by atoms with Crippen molar-refractivity contribution < 1.29 is 14.1 Å². The van der Waals surface area contributed by atoms with Crippen LogP contribution in [0.2, 0.25) is 0 Å². The maximum atomic E-state index is 12.1. The normalized spacial score (nSPS) is 18.6. The molecule has 1 aromatic heterocycles. The highest BCUT2D eigenvalue weighted by molar-refractivity contribution is 7.97. The van der Waals surface area contributed by atoms with Gasteiger partial charge in [-0.2, -0.15) is 16.7 Å². The van der Waals surface area contributed by atoms with Crippen molar-refractivity contribution in [2.45, 2.75) is 32.1 Å². The van der Waals surface area contributed by atoms with E-state index in [2.05, 4.69) is 15.5 Å². The predicted molar refractivity (Wildman–Crippen MR) is 78.3 cm³/mol. The van der Waals surface area contributed by atoms with Crippen LogP contribution >= 0.6 is 11.8 Å². The lowest BCUT2D eigenvalue weighted by atomic mass is 9.97. The highest BCUT2D eigenvalue weighted by Gasteiger charge is 2.27. The molecule has 1 atom stereocenters. The molecule has 1 aromatic rings. The molecule has 116 valence electrons. The van der Waals surface area contributed by atoms with Crippen LogP contribution in [0.4, 0.5) is 0 Å². The Morgan fingerprint density at radius 3 is 3.05 bits per heavy atom. The van der Waals surface area contributed by atoms with Gasteiger partial charge in [0.05, 0.1) is 18.2 Å². The van der Waals surface area contributed by atoms with Crippen molar-refractivity contribution >= 4 is 23.6 Å². The molecule has 0 spiro atoms. The number of piperidine rings is 1. The third-order valence-electron chi connectivity index (χ3n) is 3.43. The van der Waals surface area contributed by atoms with E-state index in [9.17, 15) is 9.59 Å². The first kappa shape index (κ1) is 15.8. The predicted octanol–water partition coefficient (Wildman–Crippen LogP) is 0.807. The van der Waals surface area contributed by atoms with E-state index in [0.717, 1.165) is 19.4 Å². The molecule has 2 amide bonds. The molecule has 7 nitrogen and oxygen atoms in total. The Bertz CT molecular complexity index is 505. The van der Waals surface area contributed by atoms with Gasteiger partial charge >= 0.3 is 0 Å². The number of carbonyl (C=O) groups excluding carboxylic acids is 2. The minimum absolute atomic E-state index is 0.0195. The lowest BCUT2D eigenvalue weighted by molar-refractivity contribution is -0.134. The zero-order valence-electron chi connectivity index (χ0n) is 12.3. The minimum Gasteiger partial charge on any atom is -0.347 e. The number of nitrogens with one attached hydrogen (secondary N) is 1. The Morgan fingerprint density at radius 1 is 1.52 bits per heavy atom. The van der Waals surface area contributed by atoms with Gasteiger partial charge in [-0.25, -0.2) is 0 Å². The molecule has 1 fully saturated rings. The van der Waals surface area contributed by atoms with Crippen LogP contribution in [0.15, 0.2) is 4.52 Å². The molecule has 1 saturated heterocycles. The molecule has 0 saturated carbocycles. The Morgan fingerprint density at radius 2 is 2.33 bits per heavy atom. The van der Waals surface area contributed by atoms with Gasteiger partial charge in [0.2, 0.25) is 17.7 Å². The van der Waals surface area contributed by atoms with E-state index in [4.69, 9.17) is 4.52 Å². The van der Waals surface area contributed by atoms with Crippen molar-refractivity contribution in [2.75, 3.05) is 19.3 Å². The summed E-state index contributed by atoms with van der Waals surface area (Å²) in [7, 11) is 0. The van der Waals surface area contributed by atoms with E-state index in [0.29, 0.717) is 24.0 Å². The molecule has 2 rings (SSSR count). The van der Waals surface area contributed by atoms with Crippen LogP contribution in [0, 0.1) is 5.92 Å². The lowest BCUT2D eigenvalue weighted by Gasteiger charge is -2.31. The van der Waals surface area contributed by atoms with Gasteiger partial charge in [-0.3, -0.25) is 9.59 Å². The van der Waals surface area contributed by atoms with Gasteiger partial charge in [-0.05, 0) is 19.1 Å². The van der Waals surface area contributed by atoms with Crippen molar-refractivity contribution in [3.05, 3.63) is 11.7 Å². The number of aromatic nitrogens is 2. The number of carbonyl (C=O) groups is 2. The highest BCUT2D eigenvalue weighted by atomic mass is 32.2. The van der Waals surface area contributed by atoms with Gasteiger partial charge in [0.1, 0.15) is 0 Å². The quantitative estimate of drug-likeness (QED) is 0.865. The van der Waals surface area contributed by atoms with Crippen LogP contribution in [-0.4, -0.2) is 46.2 Å². The monoisotopic (exact) mass is 312 g/mol. The summed E-state index contributed by atoms with van der Waals surface area (Å²) in [6.45, 7) is 2.99. The number of thioether (sulfide) groups is 1. The Balaban J connectivity index is 1.82. The van der Waals surface area contributed by atoms with Gasteiger partial charge in [0.15, 0.2) is 5.82 Å². The van der Waals surface area contributed by atoms with Crippen LogP contribution in [-0.2, 0) is 21.9 Å². The van der Waals surface area contributed by atoms with Crippen LogP contribution in [0.5, 0.6) is 0 Å². The third kappa shape index (κ3) is 4.45. The Labute approximate surface area is 127 Å². The van der Waals surface area contributed by atoms with E-state index < -0.39 is 0 Å². The third-order valence-corrected chi connectivity index (χ3v) is 3.98. The minimum atomic E-state index is -0.156. The van der Waals surface area contributed by atoms with Gasteiger partial charge in [0, 0.05) is 20.0 Å². The van der Waals surface area contributed by atoms with Gasteiger partial charge < -0.3 is 14.7 Å². The van der Waals surface area contributed by atoms with Crippen LogP contribution < -0.4 is 5.32 Å². The summed E-state index contributed by atoms with van der Waals surface area (Å²) in [4.78, 5) is 29.4. The van der Waals surface area contributed by atoms with Crippen molar-refractivity contribution in [1.29, 1.82) is 0 Å². The summed E-state index contributed by atoms with van der Waals surface area (Å²) in [6, 6.07) is 0. The number of likely N-dealkylation sites (tertiary alicyclic amines) is 1. The van der Waals surface area contributed by atoms with Crippen molar-refractivity contribution in [1.82, 2.24) is 20.4 Å². The number of hydrogen-bond acceptors (Lipinski definition) is 6. The van der Waals surface area contributed by atoms with Crippen LogP contribution in [0.25, 0.3) is 0 Å². The maximum absolute atomic E-state index is 12.1. The molecule has 1 aliphatic heterocycles. The summed E-state index contributed by atoms with van der Waals surface area (Å²) in [5.41, 5.74) is 0. The summed E-state index contributed by atoms with van der Waals surface area (Å²) in [6.07, 6.45) is 3.62. The molecule has 0 radical (unpaired) electrons. The summed E-state index contributed by atoms with van der Waals surface area (Å²) in [5.74, 6) is 1.53. The number of nitrogens with zero attached hydrogens (tertiary/aromatic N) is 3. The fourth-order valence-electron chi connectivity index (χ4n) is 2.33. The van der Waals surface area contributed by atoms with E-state index in [1.54, 1.807) is 16.7 Å². The zero-order chi connectivity index (χ0) is 15.2. The molecular weight excluding hydrogens is 292 g/mol. The second-order valence-corrected chi connectivity index (χ2v) is 5.93. The summed E-state index contributed by atoms with van der Waals surface area (Å²) >= 11 is 1.61. The Hall–Kier alpha value is -1.57. The molecule has 0 aromatic carbocycles. The highest BCUT2D eigenvalue weighted by Crippen LogP contribution is 2.16. The largest absolute Gasteiger partial charge is 0.347 e. The first-order chi connectivity index (χ1) is 10.1. The zero-order valence-corrected chi connectivity index (χ0v) is 13.1. The molecule has 2 heterocycles. The van der Waals surface area contributed by atoms with Gasteiger partial charge in [-0.15, -0.1) is 0 Å². The molecule has 8 heteroatoms. The fraction of sp³-hybridized carbons (Fsp3) is 0.692. The molecule has 21 heavy (non-hydrogen) atoms. The number of hydrogen-bond donors (Lipinski definition) is 1. The van der Waals surface area contributed by atoms with Crippen molar-refractivity contribution in [2.24, 2.45) is 5.92 Å².